The molecule has 3 heteroatoms. The minimum atomic E-state index is -0.167. The van der Waals surface area contributed by atoms with Gasteiger partial charge >= 0.3 is 0 Å². The molecule has 0 radical (unpaired) electrons. The summed E-state index contributed by atoms with van der Waals surface area (Å²) < 4.78 is 13.9. The predicted octanol–water partition coefficient (Wildman–Crippen LogP) is 1.97. The van der Waals surface area contributed by atoms with E-state index in [0.717, 1.165) is 31.5 Å². The zero-order chi connectivity index (χ0) is 11.6. The highest BCUT2D eigenvalue weighted by atomic mass is 19.1. The molecular weight excluding hydrogens is 203 g/mol. The lowest BCUT2D eigenvalue weighted by molar-refractivity contribution is 0.167. The summed E-state index contributed by atoms with van der Waals surface area (Å²) in [6.45, 7) is 1.83. The van der Waals surface area contributed by atoms with Crippen molar-refractivity contribution in [3.05, 3.63) is 35.6 Å². The molecule has 0 amide bonds. The third-order valence-corrected chi connectivity index (χ3v) is 3.66. The van der Waals surface area contributed by atoms with Crippen LogP contribution < -0.4 is 5.32 Å². The first-order valence-electron chi connectivity index (χ1n) is 5.81. The zero-order valence-corrected chi connectivity index (χ0v) is 9.96. The van der Waals surface area contributed by atoms with Crippen molar-refractivity contribution in [2.45, 2.75) is 18.4 Å². The molecule has 0 bridgehead atoms. The molecule has 16 heavy (non-hydrogen) atoms. The first kappa shape index (κ1) is 11.6. The Morgan fingerprint density at radius 2 is 2.19 bits per heavy atom. The largest absolute Gasteiger partial charge is 0.318 e. The van der Waals surface area contributed by atoms with Crippen LogP contribution in [0.5, 0.6) is 0 Å². The number of rotatable bonds is 3. The molecule has 0 spiro atoms. The minimum Gasteiger partial charge on any atom is -0.318 e. The van der Waals surface area contributed by atoms with Crippen LogP contribution in [0.25, 0.3) is 0 Å². The second-order valence-electron chi connectivity index (χ2n) is 4.57. The van der Waals surface area contributed by atoms with Crippen molar-refractivity contribution >= 4 is 0 Å². The normalized spacial score (nSPS) is 26.2. The Bertz CT molecular complexity index is 367. The maximum atomic E-state index is 13.9. The van der Waals surface area contributed by atoms with Crippen LogP contribution in [0.4, 0.5) is 4.39 Å². The van der Waals surface area contributed by atoms with Crippen LogP contribution in [0.2, 0.25) is 0 Å². The molecule has 2 rings (SSSR count). The molecule has 0 aromatic heterocycles. The van der Waals surface area contributed by atoms with Gasteiger partial charge in [-0.3, -0.25) is 4.90 Å². The van der Waals surface area contributed by atoms with E-state index < -0.39 is 0 Å². The number of nitrogens with zero attached hydrogens (tertiary/aromatic N) is 1. The highest BCUT2D eigenvalue weighted by Gasteiger charge is 2.41. The van der Waals surface area contributed by atoms with Gasteiger partial charge in [0.2, 0.25) is 0 Å². The van der Waals surface area contributed by atoms with Crippen molar-refractivity contribution in [3.8, 4) is 0 Å². The second kappa shape index (κ2) is 4.52. The average molecular weight is 222 g/mol. The summed E-state index contributed by atoms with van der Waals surface area (Å²) in [5.41, 5.74) is 0.657. The summed E-state index contributed by atoms with van der Waals surface area (Å²) in [5, 5.41) is 3.20. The number of likely N-dealkylation sites (tertiary alicyclic amines) is 1. The van der Waals surface area contributed by atoms with Crippen molar-refractivity contribution in [2.24, 2.45) is 0 Å². The Balaban J connectivity index is 2.43. The SMILES string of the molecule is CNCC1(c2ccccc2F)CCCN1C. The molecule has 0 saturated carbocycles. The van der Waals surface area contributed by atoms with E-state index in [-0.39, 0.29) is 11.4 Å². The topological polar surface area (TPSA) is 15.3 Å². The number of halogens is 1. The average Bonchev–Trinajstić information content (AvgIpc) is 2.62. The number of hydrogen-bond acceptors (Lipinski definition) is 2. The fourth-order valence-corrected chi connectivity index (χ4v) is 2.80. The van der Waals surface area contributed by atoms with E-state index in [9.17, 15) is 4.39 Å². The molecule has 1 atom stereocenters. The van der Waals surface area contributed by atoms with Crippen LogP contribution in [0.1, 0.15) is 18.4 Å². The maximum Gasteiger partial charge on any atom is 0.128 e. The van der Waals surface area contributed by atoms with Crippen molar-refractivity contribution in [1.29, 1.82) is 0 Å². The Morgan fingerprint density at radius 3 is 2.75 bits per heavy atom. The van der Waals surface area contributed by atoms with Gasteiger partial charge < -0.3 is 5.32 Å². The van der Waals surface area contributed by atoms with E-state index in [0.29, 0.717) is 0 Å². The summed E-state index contributed by atoms with van der Waals surface area (Å²) >= 11 is 0. The van der Waals surface area contributed by atoms with E-state index in [4.69, 9.17) is 0 Å². The number of benzene rings is 1. The lowest BCUT2D eigenvalue weighted by Gasteiger charge is -2.37. The summed E-state index contributed by atoms with van der Waals surface area (Å²) in [5.74, 6) is -0.0912. The highest BCUT2D eigenvalue weighted by molar-refractivity contribution is 5.28. The van der Waals surface area contributed by atoms with Gasteiger partial charge in [-0.25, -0.2) is 4.39 Å². The molecule has 2 nitrogen and oxygen atoms in total. The smallest absolute Gasteiger partial charge is 0.128 e. The van der Waals surface area contributed by atoms with Gasteiger partial charge in [-0.05, 0) is 39.5 Å². The quantitative estimate of drug-likeness (QED) is 0.841. The fourth-order valence-electron chi connectivity index (χ4n) is 2.80. The lowest BCUT2D eigenvalue weighted by atomic mass is 9.87. The Hall–Kier alpha value is -0.930. The fraction of sp³-hybridized carbons (Fsp3) is 0.538. The molecule has 1 heterocycles. The van der Waals surface area contributed by atoms with Crippen molar-refractivity contribution in [2.75, 3.05) is 27.2 Å². The zero-order valence-electron chi connectivity index (χ0n) is 9.96. The summed E-state index contributed by atoms with van der Waals surface area (Å²) in [6, 6.07) is 7.14. The van der Waals surface area contributed by atoms with Gasteiger partial charge in [0.1, 0.15) is 5.82 Å². The summed E-state index contributed by atoms with van der Waals surface area (Å²) in [4.78, 5) is 2.27. The van der Waals surface area contributed by atoms with E-state index in [1.807, 2.05) is 19.2 Å². The maximum absolute atomic E-state index is 13.9. The van der Waals surface area contributed by atoms with E-state index in [1.54, 1.807) is 12.1 Å². The third kappa shape index (κ3) is 1.74. The van der Waals surface area contributed by atoms with Gasteiger partial charge in [0.25, 0.3) is 0 Å². The summed E-state index contributed by atoms with van der Waals surface area (Å²) in [6.07, 6.45) is 2.15. The van der Waals surface area contributed by atoms with Gasteiger partial charge in [0.15, 0.2) is 0 Å². The molecule has 1 aromatic rings. The van der Waals surface area contributed by atoms with Crippen LogP contribution in [0.15, 0.2) is 24.3 Å². The monoisotopic (exact) mass is 222 g/mol. The standard InChI is InChI=1S/C13H19FN2/c1-15-10-13(8-5-9-16(13)2)11-6-3-4-7-12(11)14/h3-4,6-7,15H,5,8-10H2,1-2H3. The molecule has 88 valence electrons. The highest BCUT2D eigenvalue weighted by Crippen LogP contribution is 2.38. The van der Waals surface area contributed by atoms with E-state index in [2.05, 4.69) is 17.3 Å². The molecule has 0 aliphatic carbocycles. The van der Waals surface area contributed by atoms with Gasteiger partial charge in [0.05, 0.1) is 5.54 Å². The van der Waals surface area contributed by atoms with E-state index in [1.165, 1.54) is 0 Å². The molecule has 1 N–H and O–H groups in total. The second-order valence-corrected chi connectivity index (χ2v) is 4.57. The number of hydrogen-bond donors (Lipinski definition) is 1. The van der Waals surface area contributed by atoms with Crippen LogP contribution in [0.3, 0.4) is 0 Å². The van der Waals surface area contributed by atoms with E-state index >= 15 is 0 Å². The molecule has 1 aromatic carbocycles. The molecule has 1 fully saturated rings. The molecule has 1 aliphatic heterocycles. The van der Waals surface area contributed by atoms with Gasteiger partial charge in [-0.1, -0.05) is 18.2 Å². The first-order chi connectivity index (χ1) is 7.70. The van der Waals surface area contributed by atoms with Crippen LogP contribution in [-0.4, -0.2) is 32.1 Å². The Kier molecular flexibility index (Phi) is 3.26. The van der Waals surface area contributed by atoms with Crippen molar-refractivity contribution in [1.82, 2.24) is 10.2 Å². The van der Waals surface area contributed by atoms with Crippen LogP contribution in [0, 0.1) is 5.82 Å². The van der Waals surface area contributed by atoms with Crippen LogP contribution in [-0.2, 0) is 5.54 Å². The lowest BCUT2D eigenvalue weighted by Crippen LogP contribution is -2.46. The Labute approximate surface area is 96.5 Å². The van der Waals surface area contributed by atoms with Gasteiger partial charge in [-0.2, -0.15) is 0 Å². The first-order valence-corrected chi connectivity index (χ1v) is 5.81. The number of nitrogens with one attached hydrogen (secondary N) is 1. The van der Waals surface area contributed by atoms with Crippen molar-refractivity contribution < 1.29 is 4.39 Å². The summed E-state index contributed by atoms with van der Waals surface area (Å²) in [7, 11) is 4.01. The molecular formula is C13H19FN2. The van der Waals surface area contributed by atoms with Crippen molar-refractivity contribution in [3.63, 3.8) is 0 Å². The minimum absolute atomic E-state index is 0.0912. The molecule has 1 saturated heterocycles. The third-order valence-electron chi connectivity index (χ3n) is 3.66. The number of likely N-dealkylation sites (N-methyl/N-ethyl adjacent to an activating group) is 2. The molecule has 1 unspecified atom stereocenters. The van der Waals surface area contributed by atoms with Gasteiger partial charge in [0, 0.05) is 12.1 Å². The predicted molar refractivity (Wildman–Crippen MR) is 63.9 cm³/mol. The van der Waals surface area contributed by atoms with Gasteiger partial charge in [-0.15, -0.1) is 0 Å². The Morgan fingerprint density at radius 1 is 1.44 bits per heavy atom. The van der Waals surface area contributed by atoms with Crippen LogP contribution >= 0.6 is 0 Å². The molecule has 1 aliphatic rings.